The number of nitro benzene ring substituents is 1. The fourth-order valence-electron chi connectivity index (χ4n) is 2.82. The molecule has 6 nitrogen and oxygen atoms in total. The molecule has 1 aliphatic rings. The van der Waals surface area contributed by atoms with E-state index >= 15 is 0 Å². The van der Waals surface area contributed by atoms with Crippen LogP contribution in [0.4, 0.5) is 5.69 Å². The van der Waals surface area contributed by atoms with Gasteiger partial charge in [0.05, 0.1) is 23.3 Å². The third-order valence-corrected chi connectivity index (χ3v) is 4.08. The Morgan fingerprint density at radius 1 is 1.55 bits per heavy atom. The summed E-state index contributed by atoms with van der Waals surface area (Å²) >= 11 is 0. The van der Waals surface area contributed by atoms with Crippen LogP contribution in [-0.4, -0.2) is 34.6 Å². The number of piperidine rings is 1. The second-order valence-corrected chi connectivity index (χ2v) is 5.96. The topological polar surface area (TPSA) is 90.4 Å². The van der Waals surface area contributed by atoms with Crippen molar-refractivity contribution in [3.8, 4) is 6.07 Å². The number of aliphatic hydroxyl groups is 1. The largest absolute Gasteiger partial charge is 0.396 e. The standard InChI is InChI=1S/C16H19N3O3/c1-16(12-20)8-2-10-18(11-16)15(7-9-17)13-3-5-14(6-4-13)19(21)22/h3-7,20H,2,8,10-12H2,1H3/b15-7+. The number of non-ortho nitro benzene ring substituents is 1. The van der Waals surface area contributed by atoms with Crippen molar-refractivity contribution in [1.82, 2.24) is 4.90 Å². The molecule has 1 fully saturated rings. The molecule has 1 saturated heterocycles. The molecule has 2 rings (SSSR count). The van der Waals surface area contributed by atoms with E-state index in [9.17, 15) is 15.2 Å². The number of hydrogen-bond acceptors (Lipinski definition) is 5. The van der Waals surface area contributed by atoms with E-state index < -0.39 is 4.92 Å². The van der Waals surface area contributed by atoms with E-state index in [1.807, 2.05) is 13.0 Å². The van der Waals surface area contributed by atoms with Crippen LogP contribution < -0.4 is 0 Å². The summed E-state index contributed by atoms with van der Waals surface area (Å²) in [6, 6.07) is 8.24. The number of likely N-dealkylation sites (tertiary alicyclic amines) is 1. The van der Waals surface area contributed by atoms with Gasteiger partial charge in [0.25, 0.3) is 5.69 Å². The fourth-order valence-corrected chi connectivity index (χ4v) is 2.82. The Morgan fingerprint density at radius 2 is 2.23 bits per heavy atom. The predicted octanol–water partition coefficient (Wildman–Crippen LogP) is 2.55. The molecule has 0 bridgehead atoms. The lowest BCUT2D eigenvalue weighted by Crippen LogP contribution is -2.42. The van der Waals surface area contributed by atoms with Gasteiger partial charge in [-0.2, -0.15) is 5.26 Å². The molecule has 1 aromatic carbocycles. The van der Waals surface area contributed by atoms with Gasteiger partial charge in [0.1, 0.15) is 0 Å². The van der Waals surface area contributed by atoms with E-state index in [4.69, 9.17) is 5.26 Å². The van der Waals surface area contributed by atoms with Crippen LogP contribution in [0.2, 0.25) is 0 Å². The SMILES string of the molecule is CC1(CO)CCCN(/C(=C/C#N)c2ccc([N+](=O)[O-])cc2)C1. The van der Waals surface area contributed by atoms with Crippen molar-refractivity contribution in [1.29, 1.82) is 5.26 Å². The Labute approximate surface area is 129 Å². The molecule has 0 amide bonds. The van der Waals surface area contributed by atoms with Gasteiger partial charge >= 0.3 is 0 Å². The van der Waals surface area contributed by atoms with Crippen LogP contribution in [0.1, 0.15) is 25.3 Å². The molecule has 6 heteroatoms. The Balaban J connectivity index is 2.29. The number of aliphatic hydroxyl groups excluding tert-OH is 1. The molecular formula is C16H19N3O3. The number of nitriles is 1. The quantitative estimate of drug-likeness (QED) is 0.524. The Morgan fingerprint density at radius 3 is 2.77 bits per heavy atom. The van der Waals surface area contributed by atoms with Gasteiger partial charge in [-0.3, -0.25) is 10.1 Å². The van der Waals surface area contributed by atoms with Crippen molar-refractivity contribution < 1.29 is 10.0 Å². The minimum atomic E-state index is -0.443. The lowest BCUT2D eigenvalue weighted by Gasteiger charge is -2.41. The van der Waals surface area contributed by atoms with Gasteiger partial charge in [0.15, 0.2) is 0 Å². The highest BCUT2D eigenvalue weighted by Gasteiger charge is 2.31. The first-order chi connectivity index (χ1) is 10.5. The number of nitro groups is 1. The average Bonchev–Trinajstić information content (AvgIpc) is 2.53. The van der Waals surface area contributed by atoms with Crippen LogP contribution in [0.25, 0.3) is 5.70 Å². The second kappa shape index (κ2) is 6.58. The van der Waals surface area contributed by atoms with Gasteiger partial charge < -0.3 is 10.0 Å². The first-order valence-corrected chi connectivity index (χ1v) is 7.19. The fraction of sp³-hybridized carbons (Fsp3) is 0.438. The van der Waals surface area contributed by atoms with Gasteiger partial charge in [0, 0.05) is 36.7 Å². The predicted molar refractivity (Wildman–Crippen MR) is 82.7 cm³/mol. The average molecular weight is 301 g/mol. The van der Waals surface area contributed by atoms with Crippen LogP contribution in [0, 0.1) is 26.9 Å². The maximum Gasteiger partial charge on any atom is 0.269 e. The highest BCUT2D eigenvalue weighted by Crippen LogP contribution is 2.33. The van der Waals surface area contributed by atoms with E-state index in [0.29, 0.717) is 6.54 Å². The summed E-state index contributed by atoms with van der Waals surface area (Å²) in [5, 5.41) is 29.3. The molecule has 1 unspecified atom stereocenters. The molecule has 116 valence electrons. The molecule has 22 heavy (non-hydrogen) atoms. The molecule has 1 N–H and O–H groups in total. The summed E-state index contributed by atoms with van der Waals surface area (Å²) in [4.78, 5) is 12.4. The van der Waals surface area contributed by atoms with E-state index in [0.717, 1.165) is 30.6 Å². The highest BCUT2D eigenvalue weighted by atomic mass is 16.6. The molecule has 1 aromatic rings. The molecule has 0 saturated carbocycles. The molecule has 1 aliphatic heterocycles. The number of rotatable bonds is 4. The maximum atomic E-state index is 10.7. The summed E-state index contributed by atoms with van der Waals surface area (Å²) in [6.07, 6.45) is 3.34. The zero-order chi connectivity index (χ0) is 16.2. The van der Waals surface area contributed by atoms with Crippen molar-refractivity contribution in [3.05, 3.63) is 46.0 Å². The number of allylic oxidation sites excluding steroid dienone is 1. The third-order valence-electron chi connectivity index (χ3n) is 4.08. The number of hydrogen-bond donors (Lipinski definition) is 1. The van der Waals surface area contributed by atoms with Gasteiger partial charge in [-0.05, 0) is 30.5 Å². The van der Waals surface area contributed by atoms with Crippen molar-refractivity contribution in [3.63, 3.8) is 0 Å². The molecule has 1 heterocycles. The van der Waals surface area contributed by atoms with E-state index in [-0.39, 0.29) is 17.7 Å². The van der Waals surface area contributed by atoms with E-state index in [2.05, 4.69) is 4.90 Å². The Hall–Kier alpha value is -2.39. The first kappa shape index (κ1) is 16.0. The number of benzene rings is 1. The normalized spacial score (nSPS) is 22.2. The van der Waals surface area contributed by atoms with Crippen LogP contribution >= 0.6 is 0 Å². The van der Waals surface area contributed by atoms with E-state index in [1.165, 1.54) is 18.2 Å². The Bertz CT molecular complexity index is 619. The summed E-state index contributed by atoms with van der Waals surface area (Å²) < 4.78 is 0. The van der Waals surface area contributed by atoms with E-state index in [1.54, 1.807) is 12.1 Å². The minimum Gasteiger partial charge on any atom is -0.396 e. The van der Waals surface area contributed by atoms with Crippen molar-refractivity contribution in [2.24, 2.45) is 5.41 Å². The van der Waals surface area contributed by atoms with Crippen LogP contribution in [0.15, 0.2) is 30.3 Å². The van der Waals surface area contributed by atoms with Gasteiger partial charge in [0.2, 0.25) is 0 Å². The summed E-state index contributed by atoms with van der Waals surface area (Å²) in [5.41, 5.74) is 1.36. The monoisotopic (exact) mass is 301 g/mol. The second-order valence-electron chi connectivity index (χ2n) is 5.96. The van der Waals surface area contributed by atoms with Crippen LogP contribution in [-0.2, 0) is 0 Å². The Kier molecular flexibility index (Phi) is 4.78. The van der Waals surface area contributed by atoms with Crippen LogP contribution in [0.3, 0.4) is 0 Å². The summed E-state index contributed by atoms with van der Waals surface area (Å²) in [5.74, 6) is 0. The highest BCUT2D eigenvalue weighted by molar-refractivity contribution is 5.67. The smallest absolute Gasteiger partial charge is 0.269 e. The summed E-state index contributed by atoms with van der Waals surface area (Å²) in [6.45, 7) is 3.59. The molecular weight excluding hydrogens is 282 g/mol. The lowest BCUT2D eigenvalue weighted by molar-refractivity contribution is -0.384. The van der Waals surface area contributed by atoms with Crippen LogP contribution in [0.5, 0.6) is 0 Å². The zero-order valence-electron chi connectivity index (χ0n) is 12.5. The molecule has 0 aromatic heterocycles. The van der Waals surface area contributed by atoms with Crippen molar-refractivity contribution in [2.45, 2.75) is 19.8 Å². The lowest BCUT2D eigenvalue weighted by atomic mass is 9.82. The molecule has 0 spiro atoms. The molecule has 0 aliphatic carbocycles. The minimum absolute atomic E-state index is 0.0268. The first-order valence-electron chi connectivity index (χ1n) is 7.19. The maximum absolute atomic E-state index is 10.7. The van der Waals surface area contributed by atoms with Crippen molar-refractivity contribution in [2.75, 3.05) is 19.7 Å². The number of nitrogens with zero attached hydrogens (tertiary/aromatic N) is 3. The van der Waals surface area contributed by atoms with Gasteiger partial charge in [-0.25, -0.2) is 0 Å². The molecule has 1 atom stereocenters. The van der Waals surface area contributed by atoms with Crippen molar-refractivity contribution >= 4 is 11.4 Å². The molecule has 0 radical (unpaired) electrons. The summed E-state index contributed by atoms with van der Waals surface area (Å²) in [7, 11) is 0. The van der Waals surface area contributed by atoms with Gasteiger partial charge in [-0.1, -0.05) is 6.92 Å². The zero-order valence-corrected chi connectivity index (χ0v) is 12.5. The van der Waals surface area contributed by atoms with Gasteiger partial charge in [-0.15, -0.1) is 0 Å². The third kappa shape index (κ3) is 3.43.